The molecule has 0 spiro atoms. The molecule has 2 N–H and O–H groups in total. The van der Waals surface area contributed by atoms with Crippen molar-refractivity contribution in [3.63, 3.8) is 0 Å². The lowest BCUT2D eigenvalue weighted by molar-refractivity contribution is -0.384. The highest BCUT2D eigenvalue weighted by Crippen LogP contribution is 2.21. The van der Waals surface area contributed by atoms with Gasteiger partial charge in [0.05, 0.1) is 22.6 Å². The van der Waals surface area contributed by atoms with Crippen molar-refractivity contribution >= 4 is 34.2 Å². The maximum atomic E-state index is 12.0. The monoisotopic (exact) mass is 378 g/mol. The number of carbonyl (C=O) groups is 2. The van der Waals surface area contributed by atoms with Crippen molar-refractivity contribution in [1.82, 2.24) is 4.98 Å². The number of hydrogen-bond acceptors (Lipinski definition) is 6. The van der Waals surface area contributed by atoms with E-state index in [1.54, 1.807) is 12.3 Å². The van der Waals surface area contributed by atoms with E-state index >= 15 is 0 Å². The van der Waals surface area contributed by atoms with Crippen LogP contribution < -0.4 is 5.32 Å². The molecule has 140 valence electrons. The number of non-ortho nitro benzene ring substituents is 1. The minimum Gasteiger partial charge on any atom is -0.455 e. The second-order valence-electron chi connectivity index (χ2n) is 5.84. The van der Waals surface area contributed by atoms with Crippen LogP contribution in [0.25, 0.3) is 10.9 Å². The van der Waals surface area contributed by atoms with Crippen LogP contribution in [0.5, 0.6) is 0 Å². The third kappa shape index (κ3) is 4.13. The van der Waals surface area contributed by atoms with Crippen molar-refractivity contribution in [3.05, 3.63) is 69.9 Å². The fourth-order valence-corrected chi connectivity index (χ4v) is 2.66. The molecule has 0 radical (unpaired) electrons. The summed E-state index contributed by atoms with van der Waals surface area (Å²) in [5, 5.41) is 23.1. The van der Waals surface area contributed by atoms with E-state index in [2.05, 4.69) is 10.3 Å². The first-order chi connectivity index (χ1) is 13.5. The Kier molecular flexibility index (Phi) is 5.32. The van der Waals surface area contributed by atoms with E-state index in [0.29, 0.717) is 0 Å². The van der Waals surface area contributed by atoms with Crippen molar-refractivity contribution in [2.45, 2.75) is 6.42 Å². The second kappa shape index (κ2) is 8.01. The van der Waals surface area contributed by atoms with Gasteiger partial charge in [-0.3, -0.25) is 19.7 Å². The molecular formula is C19H14N4O5. The molecule has 1 amide bonds. The number of nitro groups is 1. The molecule has 28 heavy (non-hydrogen) atoms. The van der Waals surface area contributed by atoms with Gasteiger partial charge in [0.15, 0.2) is 6.61 Å². The number of H-pyrrole nitrogens is 1. The number of anilines is 1. The molecule has 0 saturated heterocycles. The lowest BCUT2D eigenvalue weighted by atomic mass is 10.1. The molecular weight excluding hydrogens is 364 g/mol. The van der Waals surface area contributed by atoms with Crippen LogP contribution in [0.4, 0.5) is 11.4 Å². The van der Waals surface area contributed by atoms with Crippen LogP contribution in [0.3, 0.4) is 0 Å². The number of para-hydroxylation sites is 1. The molecule has 0 bridgehead atoms. The first-order valence-electron chi connectivity index (χ1n) is 8.17. The zero-order valence-corrected chi connectivity index (χ0v) is 14.5. The highest BCUT2D eigenvalue weighted by molar-refractivity contribution is 5.94. The van der Waals surface area contributed by atoms with Gasteiger partial charge in [-0.1, -0.05) is 18.2 Å². The number of carbonyl (C=O) groups excluding carboxylic acids is 2. The maximum absolute atomic E-state index is 12.0. The smallest absolute Gasteiger partial charge is 0.310 e. The Morgan fingerprint density at radius 1 is 1.25 bits per heavy atom. The molecule has 0 aliphatic carbocycles. The summed E-state index contributed by atoms with van der Waals surface area (Å²) >= 11 is 0. The predicted octanol–water partition coefficient (Wildman–Crippen LogP) is 2.67. The third-order valence-electron chi connectivity index (χ3n) is 3.98. The zero-order valence-electron chi connectivity index (χ0n) is 14.5. The number of rotatable bonds is 6. The van der Waals surface area contributed by atoms with Gasteiger partial charge >= 0.3 is 5.97 Å². The van der Waals surface area contributed by atoms with Gasteiger partial charge in [-0.25, -0.2) is 0 Å². The van der Waals surface area contributed by atoms with Gasteiger partial charge < -0.3 is 15.0 Å². The summed E-state index contributed by atoms with van der Waals surface area (Å²) in [6.07, 6.45) is 1.71. The first-order valence-corrected chi connectivity index (χ1v) is 8.17. The molecule has 1 aromatic heterocycles. The topological polar surface area (TPSA) is 138 Å². The molecule has 3 rings (SSSR count). The Hall–Kier alpha value is -4.19. The van der Waals surface area contributed by atoms with Crippen LogP contribution in [-0.4, -0.2) is 28.4 Å². The van der Waals surface area contributed by atoms with Crippen molar-refractivity contribution in [2.24, 2.45) is 0 Å². The number of nitrogens with one attached hydrogen (secondary N) is 2. The number of aromatic amines is 1. The van der Waals surface area contributed by atoms with Crippen LogP contribution in [0.2, 0.25) is 0 Å². The van der Waals surface area contributed by atoms with Gasteiger partial charge in [-0.2, -0.15) is 5.26 Å². The summed E-state index contributed by atoms with van der Waals surface area (Å²) in [6.45, 7) is -0.539. The van der Waals surface area contributed by atoms with Crippen molar-refractivity contribution in [2.75, 3.05) is 11.9 Å². The number of nitriles is 1. The second-order valence-corrected chi connectivity index (χ2v) is 5.84. The van der Waals surface area contributed by atoms with Gasteiger partial charge in [0, 0.05) is 29.2 Å². The summed E-state index contributed by atoms with van der Waals surface area (Å²) < 4.78 is 4.98. The summed E-state index contributed by atoms with van der Waals surface area (Å²) in [4.78, 5) is 37.1. The van der Waals surface area contributed by atoms with Crippen LogP contribution in [-0.2, 0) is 20.7 Å². The number of hydrogen-bond donors (Lipinski definition) is 2. The summed E-state index contributed by atoms with van der Waals surface area (Å²) in [5.41, 5.74) is 1.42. The van der Waals surface area contributed by atoms with E-state index in [4.69, 9.17) is 10.00 Å². The number of aromatic nitrogens is 1. The van der Waals surface area contributed by atoms with Gasteiger partial charge in [0.2, 0.25) is 0 Å². The lowest BCUT2D eigenvalue weighted by Crippen LogP contribution is -2.22. The molecule has 2 aromatic carbocycles. The number of amides is 1. The van der Waals surface area contributed by atoms with Crippen molar-refractivity contribution < 1.29 is 19.2 Å². The molecule has 0 fully saturated rings. The molecule has 0 atom stereocenters. The average Bonchev–Trinajstić information content (AvgIpc) is 3.09. The fraction of sp³-hybridized carbons (Fsp3) is 0.105. The Bertz CT molecular complexity index is 1110. The standard InChI is InChI=1S/C19H14N4O5/c20-9-12-7-14(23(26)27)5-6-16(12)22-18(24)11-28-19(25)8-13-10-21-17-4-2-1-3-15(13)17/h1-7,10,21H,8,11H2,(H,22,24). The minimum absolute atomic E-state index is 0.00172. The maximum Gasteiger partial charge on any atom is 0.310 e. The van der Waals surface area contributed by atoms with Gasteiger partial charge in [-0.05, 0) is 17.7 Å². The Morgan fingerprint density at radius 3 is 2.79 bits per heavy atom. The van der Waals surface area contributed by atoms with Gasteiger partial charge in [-0.15, -0.1) is 0 Å². The van der Waals surface area contributed by atoms with E-state index < -0.39 is 23.4 Å². The summed E-state index contributed by atoms with van der Waals surface area (Å²) in [7, 11) is 0. The van der Waals surface area contributed by atoms with Gasteiger partial charge in [0.25, 0.3) is 11.6 Å². The minimum atomic E-state index is -0.655. The summed E-state index contributed by atoms with van der Waals surface area (Å²) in [5.74, 6) is -1.23. The first kappa shape index (κ1) is 18.6. The number of ether oxygens (including phenoxy) is 1. The van der Waals surface area contributed by atoms with E-state index in [-0.39, 0.29) is 23.4 Å². The van der Waals surface area contributed by atoms with E-state index in [1.165, 1.54) is 12.1 Å². The Morgan fingerprint density at radius 2 is 2.04 bits per heavy atom. The molecule has 0 unspecified atom stereocenters. The highest BCUT2D eigenvalue weighted by Gasteiger charge is 2.15. The number of fused-ring (bicyclic) bond motifs is 1. The average molecular weight is 378 g/mol. The van der Waals surface area contributed by atoms with Crippen LogP contribution in [0, 0.1) is 21.4 Å². The highest BCUT2D eigenvalue weighted by atomic mass is 16.6. The van der Waals surface area contributed by atoms with Crippen LogP contribution >= 0.6 is 0 Å². The largest absolute Gasteiger partial charge is 0.455 e. The summed E-state index contributed by atoms with van der Waals surface area (Å²) in [6, 6.07) is 12.7. The SMILES string of the molecule is N#Cc1cc([N+](=O)[O-])ccc1NC(=O)COC(=O)Cc1c[nH]c2ccccc12. The molecule has 0 aliphatic rings. The van der Waals surface area contributed by atoms with Crippen molar-refractivity contribution in [1.29, 1.82) is 5.26 Å². The lowest BCUT2D eigenvalue weighted by Gasteiger charge is -2.08. The number of nitrogens with zero attached hydrogens (tertiary/aromatic N) is 2. The normalized spacial score (nSPS) is 10.2. The fourth-order valence-electron chi connectivity index (χ4n) is 2.66. The molecule has 3 aromatic rings. The van der Waals surface area contributed by atoms with E-state index in [9.17, 15) is 19.7 Å². The number of nitro benzene ring substituents is 1. The van der Waals surface area contributed by atoms with E-state index in [0.717, 1.165) is 22.5 Å². The van der Waals surface area contributed by atoms with Crippen LogP contribution in [0.1, 0.15) is 11.1 Å². The predicted molar refractivity (Wildman–Crippen MR) is 99.4 cm³/mol. The Labute approximate surface area is 158 Å². The molecule has 9 nitrogen and oxygen atoms in total. The van der Waals surface area contributed by atoms with E-state index in [1.807, 2.05) is 24.3 Å². The molecule has 9 heteroatoms. The quantitative estimate of drug-likeness (QED) is 0.384. The van der Waals surface area contributed by atoms with Gasteiger partial charge in [0.1, 0.15) is 6.07 Å². The molecule has 0 saturated carbocycles. The molecule has 0 aliphatic heterocycles. The molecule has 1 heterocycles. The Balaban J connectivity index is 1.58. The van der Waals surface area contributed by atoms with Crippen molar-refractivity contribution in [3.8, 4) is 6.07 Å². The number of benzene rings is 2. The van der Waals surface area contributed by atoms with Crippen LogP contribution in [0.15, 0.2) is 48.7 Å². The zero-order chi connectivity index (χ0) is 20.1. The number of esters is 1. The third-order valence-corrected chi connectivity index (χ3v) is 3.98.